The van der Waals surface area contributed by atoms with Crippen LogP contribution in [-0.2, 0) is 20.7 Å². The number of aryl methyl sites for hydroxylation is 2. The molecule has 2 aromatic rings. The van der Waals surface area contributed by atoms with Gasteiger partial charge in [0, 0.05) is 5.02 Å². The molecular weight excluding hydrogens is 389 g/mol. The van der Waals surface area contributed by atoms with Gasteiger partial charge in [0.2, 0.25) is 0 Å². The van der Waals surface area contributed by atoms with Gasteiger partial charge < -0.3 is 14.8 Å². The van der Waals surface area contributed by atoms with Crippen molar-refractivity contribution in [2.24, 2.45) is 5.92 Å². The van der Waals surface area contributed by atoms with Crippen LogP contribution in [0, 0.1) is 19.8 Å². The van der Waals surface area contributed by atoms with Crippen molar-refractivity contribution in [2.75, 3.05) is 18.5 Å². The van der Waals surface area contributed by atoms with E-state index in [0.717, 1.165) is 16.7 Å². The summed E-state index contributed by atoms with van der Waals surface area (Å²) in [6.07, 6.45) is 0.458. The number of halogens is 2. The lowest BCUT2D eigenvalue weighted by atomic mass is 9.97. The normalized spacial score (nSPS) is 15.5. The zero-order valence-electron chi connectivity index (χ0n) is 15.0. The molecule has 0 aromatic heterocycles. The molecule has 7 heteroatoms. The molecule has 0 spiro atoms. The molecule has 2 aromatic carbocycles. The van der Waals surface area contributed by atoms with Crippen molar-refractivity contribution in [3.05, 3.63) is 57.1 Å². The second-order valence-electron chi connectivity index (χ2n) is 6.56. The fraction of sp³-hybridized carbons (Fsp3) is 0.300. The van der Waals surface area contributed by atoms with Crippen LogP contribution < -0.4 is 10.1 Å². The van der Waals surface area contributed by atoms with E-state index in [1.54, 1.807) is 24.3 Å². The van der Waals surface area contributed by atoms with E-state index >= 15 is 0 Å². The summed E-state index contributed by atoms with van der Waals surface area (Å²) < 4.78 is 10.7. The maximum absolute atomic E-state index is 12.3. The molecule has 1 heterocycles. The van der Waals surface area contributed by atoms with Crippen LogP contribution >= 0.6 is 23.2 Å². The number of carbonyl (C=O) groups is 2. The largest absolute Gasteiger partial charge is 0.492 e. The summed E-state index contributed by atoms with van der Waals surface area (Å²) in [5, 5.41) is 3.72. The number of carbonyl (C=O) groups excluding carboxylic acids is 2. The van der Waals surface area contributed by atoms with E-state index < -0.39 is 17.8 Å². The first-order valence-electron chi connectivity index (χ1n) is 8.48. The molecule has 142 valence electrons. The monoisotopic (exact) mass is 407 g/mol. The summed E-state index contributed by atoms with van der Waals surface area (Å²) in [5.41, 5.74) is 3.21. The van der Waals surface area contributed by atoms with Crippen LogP contribution in [0.15, 0.2) is 30.3 Å². The molecule has 1 amide bonds. The third-order valence-electron chi connectivity index (χ3n) is 4.30. The fourth-order valence-electron chi connectivity index (χ4n) is 3.02. The summed E-state index contributed by atoms with van der Waals surface area (Å²) >= 11 is 12.2. The molecule has 1 unspecified atom stereocenters. The average Bonchev–Trinajstić information content (AvgIpc) is 2.62. The second-order valence-corrected chi connectivity index (χ2v) is 7.40. The predicted octanol–water partition coefficient (Wildman–Crippen LogP) is 4.34. The van der Waals surface area contributed by atoms with Crippen LogP contribution in [0.5, 0.6) is 5.75 Å². The van der Waals surface area contributed by atoms with Crippen molar-refractivity contribution >= 4 is 40.8 Å². The number of ether oxygens (including phenoxy) is 2. The highest BCUT2D eigenvalue weighted by molar-refractivity contribution is 6.34. The lowest BCUT2D eigenvalue weighted by Gasteiger charge is -2.24. The maximum atomic E-state index is 12.3. The van der Waals surface area contributed by atoms with Gasteiger partial charge in [-0.25, -0.2) is 0 Å². The number of rotatable bonds is 4. The van der Waals surface area contributed by atoms with Gasteiger partial charge in [-0.3, -0.25) is 9.59 Å². The van der Waals surface area contributed by atoms with Gasteiger partial charge in [-0.2, -0.15) is 0 Å². The van der Waals surface area contributed by atoms with Gasteiger partial charge in [0.25, 0.3) is 5.91 Å². The summed E-state index contributed by atoms with van der Waals surface area (Å²) in [7, 11) is 0. The molecular formula is C20H19Cl2NO4. The van der Waals surface area contributed by atoms with Crippen LogP contribution in [0.3, 0.4) is 0 Å². The van der Waals surface area contributed by atoms with E-state index in [0.29, 0.717) is 27.9 Å². The number of nitrogens with one attached hydrogen (secondary N) is 1. The van der Waals surface area contributed by atoms with Gasteiger partial charge in [0.1, 0.15) is 12.4 Å². The Kier molecular flexibility index (Phi) is 5.92. The zero-order valence-corrected chi connectivity index (χ0v) is 16.5. The van der Waals surface area contributed by atoms with Gasteiger partial charge >= 0.3 is 5.97 Å². The van der Waals surface area contributed by atoms with Crippen LogP contribution in [0.1, 0.15) is 16.7 Å². The van der Waals surface area contributed by atoms with E-state index in [1.807, 2.05) is 19.9 Å². The molecule has 1 aliphatic heterocycles. The zero-order chi connectivity index (χ0) is 19.6. The minimum atomic E-state index is -0.484. The van der Waals surface area contributed by atoms with Crippen molar-refractivity contribution in [2.45, 2.75) is 20.3 Å². The number of benzene rings is 2. The van der Waals surface area contributed by atoms with Gasteiger partial charge in [0.15, 0.2) is 6.61 Å². The Balaban J connectivity index is 1.56. The Labute approximate surface area is 167 Å². The number of esters is 1. The second kappa shape index (κ2) is 8.19. The first kappa shape index (κ1) is 19.5. The first-order chi connectivity index (χ1) is 12.8. The molecule has 0 saturated carbocycles. The maximum Gasteiger partial charge on any atom is 0.313 e. The van der Waals surface area contributed by atoms with Crippen molar-refractivity contribution < 1.29 is 19.1 Å². The molecule has 0 radical (unpaired) electrons. The molecule has 3 rings (SSSR count). The molecule has 27 heavy (non-hydrogen) atoms. The van der Waals surface area contributed by atoms with Crippen molar-refractivity contribution in [1.82, 2.24) is 0 Å². The van der Waals surface area contributed by atoms with E-state index in [4.69, 9.17) is 32.7 Å². The van der Waals surface area contributed by atoms with Crippen molar-refractivity contribution in [3.8, 4) is 5.75 Å². The SMILES string of the molecule is Cc1cc(C)c(NC(=O)COC(=O)C2COc3ccc(Cl)cc3C2)c(Cl)c1. The van der Waals surface area contributed by atoms with Crippen LogP contribution in [0.2, 0.25) is 10.0 Å². The Morgan fingerprint density at radius 2 is 2.00 bits per heavy atom. The van der Waals surface area contributed by atoms with Gasteiger partial charge in [-0.15, -0.1) is 0 Å². The summed E-state index contributed by atoms with van der Waals surface area (Å²) in [6, 6.07) is 8.96. The van der Waals surface area contributed by atoms with E-state index in [9.17, 15) is 9.59 Å². The standard InChI is InChI=1S/C20H19Cl2NO4/c1-11-5-12(2)19(16(22)6-11)23-18(24)10-27-20(25)14-7-13-8-15(21)3-4-17(13)26-9-14/h3-6,8,14H,7,9-10H2,1-2H3,(H,23,24). The summed E-state index contributed by atoms with van der Waals surface area (Å²) in [5.74, 6) is -0.695. The minimum absolute atomic E-state index is 0.206. The number of amides is 1. The van der Waals surface area contributed by atoms with Crippen LogP contribution in [0.25, 0.3) is 0 Å². The molecule has 0 aliphatic carbocycles. The molecule has 5 nitrogen and oxygen atoms in total. The molecule has 0 saturated heterocycles. The number of anilines is 1. The minimum Gasteiger partial charge on any atom is -0.492 e. The Morgan fingerprint density at radius 1 is 1.22 bits per heavy atom. The predicted molar refractivity (Wildman–Crippen MR) is 105 cm³/mol. The Hall–Kier alpha value is -2.24. The average molecular weight is 408 g/mol. The summed E-state index contributed by atoms with van der Waals surface area (Å²) in [6.45, 7) is 3.59. The smallest absolute Gasteiger partial charge is 0.313 e. The molecule has 0 fully saturated rings. The molecule has 1 aliphatic rings. The molecule has 0 bridgehead atoms. The van der Waals surface area contributed by atoms with Crippen molar-refractivity contribution in [1.29, 1.82) is 0 Å². The van der Waals surface area contributed by atoms with E-state index in [2.05, 4.69) is 5.32 Å². The third kappa shape index (κ3) is 4.73. The first-order valence-corrected chi connectivity index (χ1v) is 9.23. The summed E-state index contributed by atoms with van der Waals surface area (Å²) in [4.78, 5) is 24.4. The highest BCUT2D eigenvalue weighted by atomic mass is 35.5. The van der Waals surface area contributed by atoms with Gasteiger partial charge in [-0.1, -0.05) is 29.3 Å². The molecule has 1 atom stereocenters. The van der Waals surface area contributed by atoms with Crippen LogP contribution in [-0.4, -0.2) is 25.1 Å². The Morgan fingerprint density at radius 3 is 2.74 bits per heavy atom. The van der Waals surface area contributed by atoms with E-state index in [1.165, 1.54) is 0 Å². The van der Waals surface area contributed by atoms with Crippen molar-refractivity contribution in [3.63, 3.8) is 0 Å². The fourth-order valence-corrected chi connectivity index (χ4v) is 3.58. The number of hydrogen-bond acceptors (Lipinski definition) is 4. The topological polar surface area (TPSA) is 64.6 Å². The number of hydrogen-bond donors (Lipinski definition) is 1. The highest BCUT2D eigenvalue weighted by Crippen LogP contribution is 2.30. The van der Waals surface area contributed by atoms with Gasteiger partial charge in [0.05, 0.1) is 16.6 Å². The van der Waals surface area contributed by atoms with E-state index in [-0.39, 0.29) is 13.2 Å². The number of fused-ring (bicyclic) bond motifs is 1. The van der Waals surface area contributed by atoms with Crippen LogP contribution in [0.4, 0.5) is 5.69 Å². The lowest BCUT2D eigenvalue weighted by molar-refractivity contribution is -0.152. The Bertz CT molecular complexity index is 875. The highest BCUT2D eigenvalue weighted by Gasteiger charge is 2.28. The quantitative estimate of drug-likeness (QED) is 0.765. The lowest BCUT2D eigenvalue weighted by Crippen LogP contribution is -2.32. The molecule has 1 N–H and O–H groups in total. The third-order valence-corrected chi connectivity index (χ3v) is 4.84. The van der Waals surface area contributed by atoms with Gasteiger partial charge in [-0.05, 0) is 61.2 Å².